The van der Waals surface area contributed by atoms with Crippen LogP contribution in [0.15, 0.2) is 42.5 Å². The van der Waals surface area contributed by atoms with Crippen molar-refractivity contribution in [2.24, 2.45) is 0 Å². The Balaban J connectivity index is 1.85. The van der Waals surface area contributed by atoms with E-state index in [1.807, 2.05) is 6.92 Å². The summed E-state index contributed by atoms with van der Waals surface area (Å²) in [5.41, 5.74) is 2.65. The maximum Gasteiger partial charge on any atom is 0.335 e. The van der Waals surface area contributed by atoms with Crippen LogP contribution in [0.2, 0.25) is 0 Å². The number of fused-ring (bicyclic) bond motifs is 1. The summed E-state index contributed by atoms with van der Waals surface area (Å²) in [6.45, 7) is 2.00. The normalized spacial score (nSPS) is 10.7. The third-order valence-corrected chi connectivity index (χ3v) is 3.50. The topological polar surface area (TPSA) is 95.1 Å². The van der Waals surface area contributed by atoms with Gasteiger partial charge in [-0.1, -0.05) is 13.0 Å². The first-order valence-corrected chi connectivity index (χ1v) is 7.20. The van der Waals surface area contributed by atoms with Crippen molar-refractivity contribution in [3.8, 4) is 0 Å². The highest BCUT2D eigenvalue weighted by molar-refractivity contribution is 6.06. The van der Waals surface area contributed by atoms with Crippen molar-refractivity contribution in [2.75, 3.05) is 5.32 Å². The Morgan fingerprint density at radius 1 is 1.17 bits per heavy atom. The fourth-order valence-electron chi connectivity index (χ4n) is 2.30. The van der Waals surface area contributed by atoms with E-state index < -0.39 is 5.97 Å². The van der Waals surface area contributed by atoms with Crippen molar-refractivity contribution in [1.29, 1.82) is 0 Å². The molecule has 3 rings (SSSR count). The monoisotopic (exact) mass is 309 g/mol. The highest BCUT2D eigenvalue weighted by Crippen LogP contribution is 2.16. The largest absolute Gasteiger partial charge is 0.478 e. The number of amides is 1. The average Bonchev–Trinajstić information content (AvgIpc) is 2.97. The van der Waals surface area contributed by atoms with Crippen molar-refractivity contribution in [3.05, 3.63) is 59.4 Å². The van der Waals surface area contributed by atoms with Gasteiger partial charge in [-0.15, -0.1) is 0 Å². The lowest BCUT2D eigenvalue weighted by atomic mass is 10.1. The molecule has 0 aliphatic rings. The van der Waals surface area contributed by atoms with Gasteiger partial charge in [-0.25, -0.2) is 9.78 Å². The number of rotatable bonds is 4. The van der Waals surface area contributed by atoms with E-state index in [0.29, 0.717) is 11.3 Å². The number of carboxylic acid groups (broad SMARTS) is 1. The Kier molecular flexibility index (Phi) is 3.80. The van der Waals surface area contributed by atoms with Crippen LogP contribution in [-0.4, -0.2) is 27.0 Å². The SMILES string of the molecule is CCc1nc2ccc(C(=O)Nc3cccc(C(=O)O)c3)cc2[nH]1. The predicted molar refractivity (Wildman–Crippen MR) is 86.8 cm³/mol. The molecule has 0 fully saturated rings. The summed E-state index contributed by atoms with van der Waals surface area (Å²) >= 11 is 0. The number of aromatic carboxylic acids is 1. The van der Waals surface area contributed by atoms with Gasteiger partial charge in [0.1, 0.15) is 5.82 Å². The number of aryl methyl sites for hydroxylation is 1. The van der Waals surface area contributed by atoms with Crippen molar-refractivity contribution >= 4 is 28.6 Å². The molecule has 0 bridgehead atoms. The summed E-state index contributed by atoms with van der Waals surface area (Å²) in [7, 11) is 0. The molecule has 1 aromatic heterocycles. The Hall–Kier alpha value is -3.15. The van der Waals surface area contributed by atoms with Crippen LogP contribution in [0.1, 0.15) is 33.5 Å². The molecule has 6 heteroatoms. The standard InChI is InChI=1S/C17H15N3O3/c1-2-15-19-13-7-6-10(9-14(13)20-15)16(21)18-12-5-3-4-11(8-12)17(22)23/h3-9H,2H2,1H3,(H,18,21)(H,19,20)(H,22,23). The first-order chi connectivity index (χ1) is 11.1. The number of aromatic nitrogens is 2. The third-order valence-electron chi connectivity index (χ3n) is 3.50. The van der Waals surface area contributed by atoms with E-state index in [9.17, 15) is 9.59 Å². The number of nitrogens with zero attached hydrogens (tertiary/aromatic N) is 1. The Labute approximate surface area is 132 Å². The summed E-state index contributed by atoms with van der Waals surface area (Å²) < 4.78 is 0. The molecule has 0 saturated heterocycles. The second-order valence-electron chi connectivity index (χ2n) is 5.11. The number of benzene rings is 2. The van der Waals surface area contributed by atoms with E-state index in [1.54, 1.807) is 30.3 Å². The molecule has 1 amide bonds. The van der Waals surface area contributed by atoms with E-state index in [-0.39, 0.29) is 11.5 Å². The second kappa shape index (κ2) is 5.92. The number of hydrogen-bond acceptors (Lipinski definition) is 3. The third kappa shape index (κ3) is 3.06. The average molecular weight is 309 g/mol. The molecule has 2 aromatic carbocycles. The molecule has 3 N–H and O–H groups in total. The molecular weight excluding hydrogens is 294 g/mol. The summed E-state index contributed by atoms with van der Waals surface area (Å²) in [5, 5.41) is 11.7. The lowest BCUT2D eigenvalue weighted by Gasteiger charge is -2.06. The second-order valence-corrected chi connectivity index (χ2v) is 5.11. The van der Waals surface area contributed by atoms with Crippen molar-refractivity contribution < 1.29 is 14.7 Å². The van der Waals surface area contributed by atoms with Crippen LogP contribution in [0, 0.1) is 0 Å². The van der Waals surface area contributed by atoms with E-state index >= 15 is 0 Å². The predicted octanol–water partition coefficient (Wildman–Crippen LogP) is 3.08. The molecule has 0 unspecified atom stereocenters. The number of carboxylic acids is 1. The molecule has 0 radical (unpaired) electrons. The highest BCUT2D eigenvalue weighted by Gasteiger charge is 2.10. The molecule has 1 heterocycles. The number of imidazole rings is 1. The highest BCUT2D eigenvalue weighted by atomic mass is 16.4. The molecule has 0 aliphatic carbocycles. The molecule has 0 aliphatic heterocycles. The van der Waals surface area contributed by atoms with Crippen LogP contribution in [-0.2, 0) is 6.42 Å². The van der Waals surface area contributed by atoms with E-state index in [4.69, 9.17) is 5.11 Å². The number of H-pyrrole nitrogens is 1. The Morgan fingerprint density at radius 2 is 2.00 bits per heavy atom. The number of carbonyl (C=O) groups excluding carboxylic acids is 1. The molecular formula is C17H15N3O3. The molecule has 0 spiro atoms. The summed E-state index contributed by atoms with van der Waals surface area (Å²) in [6.07, 6.45) is 0.790. The van der Waals surface area contributed by atoms with Crippen molar-refractivity contribution in [1.82, 2.24) is 9.97 Å². The van der Waals surface area contributed by atoms with Gasteiger partial charge in [0.15, 0.2) is 0 Å². The summed E-state index contributed by atoms with van der Waals surface area (Å²) in [4.78, 5) is 30.8. The molecule has 23 heavy (non-hydrogen) atoms. The Morgan fingerprint density at radius 3 is 2.74 bits per heavy atom. The minimum atomic E-state index is -1.04. The smallest absolute Gasteiger partial charge is 0.335 e. The van der Waals surface area contributed by atoms with Gasteiger partial charge in [0, 0.05) is 17.7 Å². The zero-order valence-electron chi connectivity index (χ0n) is 12.5. The van der Waals surface area contributed by atoms with Gasteiger partial charge in [-0.05, 0) is 36.4 Å². The van der Waals surface area contributed by atoms with Gasteiger partial charge < -0.3 is 15.4 Å². The zero-order chi connectivity index (χ0) is 16.4. The maximum absolute atomic E-state index is 12.3. The van der Waals surface area contributed by atoms with Gasteiger partial charge in [-0.2, -0.15) is 0 Å². The van der Waals surface area contributed by atoms with Crippen LogP contribution < -0.4 is 5.32 Å². The van der Waals surface area contributed by atoms with Crippen molar-refractivity contribution in [3.63, 3.8) is 0 Å². The number of hydrogen-bond donors (Lipinski definition) is 3. The van der Waals surface area contributed by atoms with E-state index in [0.717, 1.165) is 23.3 Å². The van der Waals surface area contributed by atoms with Gasteiger partial charge in [0.25, 0.3) is 5.91 Å². The fourth-order valence-corrected chi connectivity index (χ4v) is 2.30. The minimum absolute atomic E-state index is 0.124. The molecule has 3 aromatic rings. The van der Waals surface area contributed by atoms with Crippen LogP contribution in [0.25, 0.3) is 11.0 Å². The molecule has 6 nitrogen and oxygen atoms in total. The van der Waals surface area contributed by atoms with Crippen LogP contribution >= 0.6 is 0 Å². The number of carbonyl (C=O) groups is 2. The van der Waals surface area contributed by atoms with Crippen LogP contribution in [0.5, 0.6) is 0 Å². The van der Waals surface area contributed by atoms with E-state index in [1.165, 1.54) is 12.1 Å². The molecule has 0 saturated carbocycles. The first kappa shape index (κ1) is 14.8. The van der Waals surface area contributed by atoms with Crippen LogP contribution in [0.3, 0.4) is 0 Å². The summed E-state index contributed by atoms with van der Waals surface area (Å²) in [6, 6.07) is 11.3. The fraction of sp³-hybridized carbons (Fsp3) is 0.118. The van der Waals surface area contributed by atoms with Gasteiger partial charge in [-0.3, -0.25) is 4.79 Å². The lowest BCUT2D eigenvalue weighted by Crippen LogP contribution is -2.12. The van der Waals surface area contributed by atoms with E-state index in [2.05, 4.69) is 15.3 Å². The Bertz CT molecular complexity index is 899. The molecule has 116 valence electrons. The lowest BCUT2D eigenvalue weighted by molar-refractivity contribution is 0.0696. The maximum atomic E-state index is 12.3. The van der Waals surface area contributed by atoms with Crippen LogP contribution in [0.4, 0.5) is 5.69 Å². The van der Waals surface area contributed by atoms with Crippen molar-refractivity contribution in [2.45, 2.75) is 13.3 Å². The minimum Gasteiger partial charge on any atom is -0.478 e. The first-order valence-electron chi connectivity index (χ1n) is 7.20. The molecule has 0 atom stereocenters. The number of anilines is 1. The number of nitrogens with one attached hydrogen (secondary N) is 2. The van der Waals surface area contributed by atoms with Gasteiger partial charge in [0.05, 0.1) is 16.6 Å². The quantitative estimate of drug-likeness (QED) is 0.690. The zero-order valence-corrected chi connectivity index (χ0v) is 12.5. The summed E-state index contributed by atoms with van der Waals surface area (Å²) in [5.74, 6) is -0.471. The van der Waals surface area contributed by atoms with Gasteiger partial charge in [0.2, 0.25) is 0 Å². The number of aromatic amines is 1. The van der Waals surface area contributed by atoms with Gasteiger partial charge >= 0.3 is 5.97 Å².